The highest BCUT2D eigenvalue weighted by Gasteiger charge is 2.16. The number of nitrogens with zero attached hydrogens (tertiary/aromatic N) is 3. The minimum Gasteiger partial charge on any atom is -0.399 e. The zero-order chi connectivity index (χ0) is 16.3. The fraction of sp³-hybridized carbons (Fsp3) is 0.231. The topological polar surface area (TPSA) is 113 Å². The van der Waals surface area contributed by atoms with Crippen LogP contribution < -0.4 is 20.7 Å². The van der Waals surface area contributed by atoms with E-state index in [2.05, 4.69) is 20.0 Å². The van der Waals surface area contributed by atoms with Crippen molar-refractivity contribution in [3.63, 3.8) is 0 Å². The van der Waals surface area contributed by atoms with Gasteiger partial charge >= 0.3 is 0 Å². The van der Waals surface area contributed by atoms with Gasteiger partial charge in [0.05, 0.1) is 4.90 Å². The van der Waals surface area contributed by atoms with Crippen LogP contribution in [0.1, 0.15) is 0 Å². The molecule has 0 fully saturated rings. The first-order valence-electron chi connectivity index (χ1n) is 6.44. The molecule has 22 heavy (non-hydrogen) atoms. The minimum absolute atomic E-state index is 0.109. The number of nitrogen functional groups attached to an aromatic ring is 1. The molecule has 1 aromatic carbocycles. The van der Waals surface area contributed by atoms with E-state index in [4.69, 9.17) is 5.73 Å². The van der Waals surface area contributed by atoms with Gasteiger partial charge in [-0.2, -0.15) is 9.97 Å². The summed E-state index contributed by atoms with van der Waals surface area (Å²) >= 11 is 0. The highest BCUT2D eigenvalue weighted by Crippen LogP contribution is 2.20. The van der Waals surface area contributed by atoms with Gasteiger partial charge in [0.1, 0.15) is 11.6 Å². The summed E-state index contributed by atoms with van der Waals surface area (Å²) in [6, 6.07) is 7.44. The van der Waals surface area contributed by atoms with Gasteiger partial charge in [-0.15, -0.1) is 0 Å². The lowest BCUT2D eigenvalue weighted by Crippen LogP contribution is -2.18. The Kier molecular flexibility index (Phi) is 4.36. The lowest BCUT2D eigenvalue weighted by molar-refractivity contribution is 0.601. The van der Waals surface area contributed by atoms with Crippen LogP contribution in [0.5, 0.6) is 0 Å². The van der Waals surface area contributed by atoms with E-state index >= 15 is 0 Å². The molecule has 0 spiro atoms. The molecule has 0 amide bonds. The second-order valence-electron chi connectivity index (χ2n) is 4.76. The first-order chi connectivity index (χ1) is 10.3. The summed E-state index contributed by atoms with van der Waals surface area (Å²) in [5.74, 6) is 1.08. The molecule has 4 N–H and O–H groups in total. The average Bonchev–Trinajstić information content (AvgIpc) is 2.46. The Bertz CT molecular complexity index is 759. The van der Waals surface area contributed by atoms with Crippen LogP contribution in [0.25, 0.3) is 0 Å². The normalized spacial score (nSPS) is 11.0. The van der Waals surface area contributed by atoms with Gasteiger partial charge < -0.3 is 16.0 Å². The van der Waals surface area contributed by atoms with Crippen molar-refractivity contribution in [2.75, 3.05) is 41.8 Å². The molecule has 2 aromatic rings. The van der Waals surface area contributed by atoms with Gasteiger partial charge in [0, 0.05) is 32.9 Å². The molecule has 0 aliphatic rings. The van der Waals surface area contributed by atoms with Gasteiger partial charge in [0.2, 0.25) is 5.95 Å². The van der Waals surface area contributed by atoms with E-state index < -0.39 is 10.0 Å². The number of benzene rings is 1. The van der Waals surface area contributed by atoms with Gasteiger partial charge in [0.25, 0.3) is 10.0 Å². The van der Waals surface area contributed by atoms with Crippen molar-refractivity contribution in [3.8, 4) is 0 Å². The lowest BCUT2D eigenvalue weighted by atomic mass is 10.3. The summed E-state index contributed by atoms with van der Waals surface area (Å²) in [6.07, 6.45) is 0. The smallest absolute Gasteiger partial charge is 0.263 e. The van der Waals surface area contributed by atoms with Crippen LogP contribution in [0, 0.1) is 0 Å². The zero-order valence-corrected chi connectivity index (χ0v) is 13.3. The van der Waals surface area contributed by atoms with Gasteiger partial charge in [-0.05, 0) is 24.3 Å². The van der Waals surface area contributed by atoms with Crippen LogP contribution in [0.4, 0.5) is 23.3 Å². The lowest BCUT2D eigenvalue weighted by Gasteiger charge is -2.14. The SMILES string of the molecule is CNc1cc(NS(=O)(=O)c2ccc(N)cc2)nc(N(C)C)n1. The van der Waals surface area contributed by atoms with Crippen LogP contribution in [0.3, 0.4) is 0 Å². The zero-order valence-electron chi connectivity index (χ0n) is 12.5. The van der Waals surface area contributed by atoms with Crippen LogP contribution in [0.2, 0.25) is 0 Å². The number of rotatable bonds is 5. The Labute approximate surface area is 129 Å². The first kappa shape index (κ1) is 15.8. The summed E-state index contributed by atoms with van der Waals surface area (Å²) in [7, 11) is 1.50. The molecule has 8 nitrogen and oxygen atoms in total. The Morgan fingerprint density at radius 3 is 2.23 bits per heavy atom. The maximum absolute atomic E-state index is 12.3. The third-order valence-electron chi connectivity index (χ3n) is 2.80. The second-order valence-corrected chi connectivity index (χ2v) is 6.44. The number of hydrogen-bond donors (Lipinski definition) is 3. The molecule has 0 atom stereocenters. The number of aromatic nitrogens is 2. The highest BCUT2D eigenvalue weighted by molar-refractivity contribution is 7.92. The maximum atomic E-state index is 12.3. The summed E-state index contributed by atoms with van der Waals surface area (Å²) < 4.78 is 27.1. The first-order valence-corrected chi connectivity index (χ1v) is 7.92. The molecule has 0 bridgehead atoms. The highest BCUT2D eigenvalue weighted by atomic mass is 32.2. The molecule has 0 radical (unpaired) electrons. The number of nitrogens with one attached hydrogen (secondary N) is 2. The molecule has 0 aliphatic carbocycles. The predicted octanol–water partition coefficient (Wildman–Crippen LogP) is 0.967. The van der Waals surface area contributed by atoms with Crippen molar-refractivity contribution >= 4 is 33.3 Å². The van der Waals surface area contributed by atoms with Crippen LogP contribution in [-0.2, 0) is 10.0 Å². The van der Waals surface area contributed by atoms with Crippen LogP contribution in [0.15, 0.2) is 35.2 Å². The standard InChI is InChI=1S/C13H18N6O2S/c1-15-11-8-12(17-13(16-11)19(2)3)18-22(20,21)10-6-4-9(14)5-7-10/h4-8H,14H2,1-3H3,(H2,15,16,17,18). The summed E-state index contributed by atoms with van der Waals surface area (Å²) in [4.78, 5) is 10.2. The van der Waals surface area contributed by atoms with Crippen molar-refractivity contribution in [3.05, 3.63) is 30.3 Å². The fourth-order valence-electron chi connectivity index (χ4n) is 1.66. The van der Waals surface area contributed by atoms with E-state index in [1.165, 1.54) is 30.3 Å². The number of anilines is 4. The molecule has 1 heterocycles. The molecule has 0 unspecified atom stereocenters. The van der Waals surface area contributed by atoms with E-state index in [9.17, 15) is 8.42 Å². The van der Waals surface area contributed by atoms with Gasteiger partial charge in [0.15, 0.2) is 0 Å². The molecule has 0 saturated carbocycles. The van der Waals surface area contributed by atoms with Gasteiger partial charge in [-0.3, -0.25) is 4.72 Å². The number of hydrogen-bond acceptors (Lipinski definition) is 7. The molecular formula is C13H18N6O2S. The van der Waals surface area contributed by atoms with Crippen molar-refractivity contribution in [2.24, 2.45) is 0 Å². The Morgan fingerprint density at radius 2 is 1.68 bits per heavy atom. The van der Waals surface area contributed by atoms with Crippen molar-refractivity contribution in [2.45, 2.75) is 4.90 Å². The van der Waals surface area contributed by atoms with Crippen molar-refractivity contribution in [1.29, 1.82) is 0 Å². The van der Waals surface area contributed by atoms with E-state index in [1.54, 1.807) is 26.0 Å². The van der Waals surface area contributed by atoms with Gasteiger partial charge in [-0.1, -0.05) is 0 Å². The Balaban J connectivity index is 2.36. The summed E-state index contributed by atoms with van der Waals surface area (Å²) in [5, 5.41) is 2.87. The van der Waals surface area contributed by atoms with Crippen molar-refractivity contribution in [1.82, 2.24) is 9.97 Å². The molecular weight excluding hydrogens is 304 g/mol. The Morgan fingerprint density at radius 1 is 1.09 bits per heavy atom. The third kappa shape index (κ3) is 3.55. The fourth-order valence-corrected chi connectivity index (χ4v) is 2.65. The number of nitrogens with two attached hydrogens (primary N) is 1. The third-order valence-corrected chi connectivity index (χ3v) is 4.17. The minimum atomic E-state index is -3.74. The molecule has 2 rings (SSSR count). The Hall–Kier alpha value is -2.55. The van der Waals surface area contributed by atoms with Crippen LogP contribution >= 0.6 is 0 Å². The van der Waals surface area contributed by atoms with E-state index in [0.717, 1.165) is 0 Å². The van der Waals surface area contributed by atoms with E-state index in [0.29, 0.717) is 17.5 Å². The average molecular weight is 322 g/mol. The summed E-state index contributed by atoms with van der Waals surface area (Å²) in [5.41, 5.74) is 6.06. The monoisotopic (exact) mass is 322 g/mol. The van der Waals surface area contributed by atoms with E-state index in [1.807, 2.05) is 0 Å². The molecule has 0 aliphatic heterocycles. The maximum Gasteiger partial charge on any atom is 0.263 e. The number of sulfonamides is 1. The second kappa shape index (κ2) is 6.06. The quantitative estimate of drug-likeness (QED) is 0.703. The molecule has 1 aromatic heterocycles. The van der Waals surface area contributed by atoms with Gasteiger partial charge in [-0.25, -0.2) is 8.42 Å². The van der Waals surface area contributed by atoms with Crippen LogP contribution in [-0.4, -0.2) is 39.5 Å². The van der Waals surface area contributed by atoms with Crippen molar-refractivity contribution < 1.29 is 8.42 Å². The molecule has 0 saturated heterocycles. The van der Waals surface area contributed by atoms with E-state index in [-0.39, 0.29) is 10.7 Å². The summed E-state index contributed by atoms with van der Waals surface area (Å²) in [6.45, 7) is 0. The molecule has 118 valence electrons. The molecule has 9 heteroatoms. The predicted molar refractivity (Wildman–Crippen MR) is 87.6 cm³/mol. The largest absolute Gasteiger partial charge is 0.399 e.